The molecule has 2 aliphatic heterocycles. The molecule has 2 aromatic heterocycles. The molecule has 9 aromatic rings. The van der Waals surface area contributed by atoms with Crippen LogP contribution in [-0.4, -0.2) is 30.6 Å². The van der Waals surface area contributed by atoms with Crippen LogP contribution in [0.1, 0.15) is 59.7 Å². The minimum absolute atomic E-state index is 0.0155. The van der Waals surface area contributed by atoms with Gasteiger partial charge in [-0.05, 0) is 129 Å². The van der Waals surface area contributed by atoms with E-state index in [1.165, 1.54) is 42.5 Å². The Morgan fingerprint density at radius 3 is 1.50 bits per heavy atom. The van der Waals surface area contributed by atoms with Crippen molar-refractivity contribution in [2.24, 2.45) is 0 Å². The van der Waals surface area contributed by atoms with Gasteiger partial charge in [-0.3, -0.25) is 9.59 Å². The number of benzene rings is 7. The van der Waals surface area contributed by atoms with Gasteiger partial charge in [0.1, 0.15) is 38.7 Å². The summed E-state index contributed by atoms with van der Waals surface area (Å²) in [7, 11) is -4.26. The third-order valence-corrected chi connectivity index (χ3v) is 13.9. The lowest BCUT2D eigenvalue weighted by Gasteiger charge is -2.36. The Bertz CT molecular complexity index is 3750. The van der Waals surface area contributed by atoms with Gasteiger partial charge in [0, 0.05) is 51.6 Å². The molecule has 0 bridgehead atoms. The molecule has 2 aliphatic rings. The predicted octanol–water partition coefficient (Wildman–Crippen LogP) is 10.4. The largest absolute Gasteiger partial charge is 0.478 e. The Morgan fingerprint density at radius 2 is 1.03 bits per heavy atom. The van der Waals surface area contributed by atoms with Gasteiger partial charge in [-0.2, -0.15) is 8.42 Å². The molecule has 0 saturated heterocycles. The first-order valence-corrected chi connectivity index (χ1v) is 22.0. The molecule has 14 nitrogen and oxygen atoms in total. The molecule has 15 heteroatoms. The van der Waals surface area contributed by atoms with Crippen molar-refractivity contribution in [2.45, 2.75) is 38.2 Å². The van der Waals surface area contributed by atoms with Gasteiger partial charge < -0.3 is 34.4 Å². The van der Waals surface area contributed by atoms with Gasteiger partial charge in [0.25, 0.3) is 10.1 Å². The third kappa shape index (κ3) is 5.86. The summed E-state index contributed by atoms with van der Waals surface area (Å²) in [6.45, 7) is 7.26. The zero-order valence-corrected chi connectivity index (χ0v) is 36.1. The van der Waals surface area contributed by atoms with Crippen LogP contribution in [-0.2, 0) is 19.9 Å². The predicted molar refractivity (Wildman–Crippen MR) is 247 cm³/mol. The molecular formula is C51H34N2O12S. The number of carboxylic acid groups (broad SMARTS) is 2. The van der Waals surface area contributed by atoms with E-state index in [0.717, 1.165) is 11.1 Å². The van der Waals surface area contributed by atoms with Crippen LogP contribution in [0.3, 0.4) is 0 Å². The monoisotopic (exact) mass is 898 g/mol. The lowest BCUT2D eigenvalue weighted by molar-refractivity contribution is 0.0686. The molecule has 0 amide bonds. The maximum absolute atomic E-state index is 13.9. The number of ether oxygens (including phenoxy) is 1. The molecule has 7 aromatic carbocycles. The van der Waals surface area contributed by atoms with Gasteiger partial charge >= 0.3 is 11.9 Å². The van der Waals surface area contributed by atoms with Gasteiger partial charge in [-0.25, -0.2) is 13.8 Å². The quantitative estimate of drug-likeness (QED) is 0.0904. The smallest absolute Gasteiger partial charge is 0.335 e. The van der Waals surface area contributed by atoms with Crippen LogP contribution in [0.5, 0.6) is 11.5 Å². The van der Waals surface area contributed by atoms with Gasteiger partial charge in [0.2, 0.25) is 10.9 Å². The summed E-state index contributed by atoms with van der Waals surface area (Å²) < 4.78 is 52.8. The number of hydrogen-bond donors (Lipinski definition) is 4. The lowest BCUT2D eigenvalue weighted by atomic mass is 9.78. The van der Waals surface area contributed by atoms with Crippen molar-refractivity contribution >= 4 is 88.7 Å². The molecule has 0 unspecified atom stereocenters. The Kier molecular flexibility index (Phi) is 8.66. The highest BCUT2D eigenvalue weighted by Gasteiger charge is 2.55. The number of aryl methyl sites for hydroxylation is 4. The second kappa shape index (κ2) is 14.1. The van der Waals surface area contributed by atoms with E-state index in [1.807, 2.05) is 13.8 Å². The highest BCUT2D eigenvalue weighted by molar-refractivity contribution is 7.87. The van der Waals surface area contributed by atoms with Crippen molar-refractivity contribution in [2.75, 3.05) is 10.6 Å². The molecule has 0 fully saturated rings. The number of carbonyl (C=O) groups is 2. The standard InChI is InChI=1S/C51H34N2O12S/c1-23-17-40-43(47(54)31-19-27(49(56)57)9-15-36(31)62-40)25(3)45(23)52-29-11-13-33-38(21-29)64-39-22-30(12-14-34(39)51(33)35-7-5-6-8-42(35)66(60,61)65-51)53-46-24(2)18-41-44(26(46)4)48(55)32-20-28(50(58)59)10-16-37(32)63-41/h5-22,52-53H,1-4H3,(H,56,57)(H,58,59). The number of rotatable bonds is 6. The van der Waals surface area contributed by atoms with E-state index < -0.39 is 27.7 Å². The van der Waals surface area contributed by atoms with E-state index in [9.17, 15) is 37.8 Å². The summed E-state index contributed by atoms with van der Waals surface area (Å²) >= 11 is 0. The number of anilines is 4. The summed E-state index contributed by atoms with van der Waals surface area (Å²) in [5, 5.41) is 26.9. The Morgan fingerprint density at radius 1 is 0.561 bits per heavy atom. The molecular weight excluding hydrogens is 865 g/mol. The second-order valence-corrected chi connectivity index (χ2v) is 18.0. The fourth-order valence-electron chi connectivity index (χ4n) is 9.48. The van der Waals surface area contributed by atoms with Gasteiger partial charge in [0.15, 0.2) is 5.60 Å². The number of carboxylic acids is 2. The van der Waals surface area contributed by atoms with E-state index in [4.69, 9.17) is 17.8 Å². The van der Waals surface area contributed by atoms with E-state index in [-0.39, 0.29) is 71.1 Å². The topological polar surface area (TPSA) is 212 Å². The summed E-state index contributed by atoms with van der Waals surface area (Å²) in [6, 6.07) is 28.8. The lowest BCUT2D eigenvalue weighted by Crippen LogP contribution is -2.33. The van der Waals surface area contributed by atoms with Crippen molar-refractivity contribution in [3.05, 3.63) is 180 Å². The highest BCUT2D eigenvalue weighted by Crippen LogP contribution is 2.59. The molecule has 0 atom stereocenters. The van der Waals surface area contributed by atoms with Crippen LogP contribution in [0.2, 0.25) is 0 Å². The first kappa shape index (κ1) is 40.5. The molecule has 66 heavy (non-hydrogen) atoms. The van der Waals surface area contributed by atoms with Crippen molar-refractivity contribution in [3.63, 3.8) is 0 Å². The number of fused-ring (bicyclic) bond motifs is 10. The minimum atomic E-state index is -4.26. The van der Waals surface area contributed by atoms with E-state index in [0.29, 0.717) is 61.7 Å². The molecule has 1 spiro atoms. The molecule has 0 saturated carbocycles. The Balaban J connectivity index is 1.03. The maximum atomic E-state index is 13.9. The number of hydrogen-bond acceptors (Lipinski definition) is 12. The Labute approximate surface area is 373 Å². The highest BCUT2D eigenvalue weighted by atomic mass is 32.2. The van der Waals surface area contributed by atoms with Crippen molar-refractivity contribution in [3.8, 4) is 11.5 Å². The molecule has 4 heterocycles. The molecule has 11 rings (SSSR count). The van der Waals surface area contributed by atoms with Crippen molar-refractivity contribution in [1.29, 1.82) is 0 Å². The zero-order valence-electron chi connectivity index (χ0n) is 35.3. The summed E-state index contributed by atoms with van der Waals surface area (Å²) in [5.74, 6) is -1.78. The Hall–Kier alpha value is -8.27. The van der Waals surface area contributed by atoms with Crippen LogP contribution in [0.15, 0.2) is 133 Å². The van der Waals surface area contributed by atoms with Crippen LogP contribution in [0.25, 0.3) is 43.9 Å². The van der Waals surface area contributed by atoms with E-state index in [2.05, 4.69) is 10.6 Å². The fraction of sp³-hybridized carbons (Fsp3) is 0.0980. The average molecular weight is 899 g/mol. The molecule has 326 valence electrons. The average Bonchev–Trinajstić information content (AvgIpc) is 3.52. The fourth-order valence-corrected chi connectivity index (χ4v) is 10.9. The first-order chi connectivity index (χ1) is 31.5. The van der Waals surface area contributed by atoms with Crippen LogP contribution in [0.4, 0.5) is 22.7 Å². The van der Waals surface area contributed by atoms with Gasteiger partial charge in [-0.1, -0.05) is 18.2 Å². The third-order valence-electron chi connectivity index (χ3n) is 12.6. The number of aromatic carboxylic acids is 2. The number of nitrogens with one attached hydrogen (secondary N) is 2. The SMILES string of the molecule is Cc1cc2oc3ccc(C(=O)O)cc3c(=O)c2c(C)c1Nc1ccc2c(c1)Oc1cc(Nc3c(C)cc4oc5ccc(C(=O)O)cc5c(=O)c4c3C)ccc1C21OS(=O)(=O)c2ccccc21. The molecule has 4 N–H and O–H groups in total. The summed E-state index contributed by atoms with van der Waals surface area (Å²) in [4.78, 5) is 51.3. The molecule has 0 radical (unpaired) electrons. The normalized spacial score (nSPS) is 14.2. The van der Waals surface area contributed by atoms with E-state index in [1.54, 1.807) is 80.6 Å². The van der Waals surface area contributed by atoms with Crippen LogP contribution < -0.4 is 26.2 Å². The van der Waals surface area contributed by atoms with E-state index >= 15 is 0 Å². The first-order valence-electron chi connectivity index (χ1n) is 20.6. The molecule has 0 aliphatic carbocycles. The zero-order chi connectivity index (χ0) is 46.1. The van der Waals surface area contributed by atoms with Crippen molar-refractivity contribution < 1.29 is 46.0 Å². The van der Waals surface area contributed by atoms with Gasteiger partial charge in [-0.15, -0.1) is 0 Å². The maximum Gasteiger partial charge on any atom is 0.335 e. The van der Waals surface area contributed by atoms with Crippen LogP contribution >= 0.6 is 0 Å². The van der Waals surface area contributed by atoms with Crippen LogP contribution in [0, 0.1) is 27.7 Å². The van der Waals surface area contributed by atoms with Gasteiger partial charge in [0.05, 0.1) is 32.7 Å². The van der Waals surface area contributed by atoms with Crippen molar-refractivity contribution in [1.82, 2.24) is 0 Å². The summed E-state index contributed by atoms with van der Waals surface area (Å²) in [6.07, 6.45) is 0. The second-order valence-electron chi connectivity index (χ2n) is 16.5. The summed E-state index contributed by atoms with van der Waals surface area (Å²) in [5.41, 5.74) is 4.80. The minimum Gasteiger partial charge on any atom is -0.478 e.